The minimum Gasteiger partial charge on any atom is -0.495 e. The zero-order valence-corrected chi connectivity index (χ0v) is 16.3. The van der Waals surface area contributed by atoms with Crippen LogP contribution in [0.25, 0.3) is 0 Å². The number of piperidine rings is 1. The second kappa shape index (κ2) is 8.70. The van der Waals surface area contributed by atoms with Crippen LogP contribution in [0, 0.1) is 0 Å². The zero-order valence-electron chi connectivity index (χ0n) is 16.3. The third-order valence-electron chi connectivity index (χ3n) is 6.16. The number of anilines is 1. The van der Waals surface area contributed by atoms with Gasteiger partial charge in [-0.15, -0.1) is 0 Å². The first-order valence-electron chi connectivity index (χ1n) is 10.2. The van der Waals surface area contributed by atoms with Gasteiger partial charge in [0.15, 0.2) is 0 Å². The van der Waals surface area contributed by atoms with Gasteiger partial charge in [-0.3, -0.25) is 9.97 Å². The summed E-state index contributed by atoms with van der Waals surface area (Å²) in [6, 6.07) is 8.91. The van der Waals surface area contributed by atoms with Crippen LogP contribution in [0.15, 0.2) is 42.9 Å². The summed E-state index contributed by atoms with van der Waals surface area (Å²) in [5, 5.41) is 0. The van der Waals surface area contributed by atoms with Gasteiger partial charge < -0.3 is 14.5 Å². The molecule has 1 unspecified atom stereocenters. The molecule has 2 aliphatic rings. The van der Waals surface area contributed by atoms with Crippen molar-refractivity contribution in [2.24, 2.45) is 0 Å². The summed E-state index contributed by atoms with van der Waals surface area (Å²) in [6.45, 7) is 4.61. The number of methoxy groups -OCH3 is 1. The first kappa shape index (κ1) is 18.2. The van der Waals surface area contributed by atoms with Crippen LogP contribution in [0.1, 0.15) is 43.7 Å². The van der Waals surface area contributed by atoms with E-state index in [9.17, 15) is 0 Å². The molecule has 4 rings (SSSR count). The molecule has 0 radical (unpaired) electrons. The maximum Gasteiger partial charge on any atom is 0.140 e. The van der Waals surface area contributed by atoms with Crippen molar-refractivity contribution in [3.05, 3.63) is 48.5 Å². The van der Waals surface area contributed by atoms with Crippen LogP contribution >= 0.6 is 0 Å². The van der Waals surface area contributed by atoms with Gasteiger partial charge in [0.25, 0.3) is 0 Å². The molecule has 1 atom stereocenters. The number of ether oxygens (including phenoxy) is 1. The number of hydrogen-bond acceptors (Lipinski definition) is 5. The number of nitrogens with zero attached hydrogens (tertiary/aromatic N) is 4. The van der Waals surface area contributed by atoms with Crippen LogP contribution in [0.3, 0.4) is 0 Å². The Morgan fingerprint density at radius 3 is 2.59 bits per heavy atom. The lowest BCUT2D eigenvalue weighted by Crippen LogP contribution is -2.41. The van der Waals surface area contributed by atoms with Gasteiger partial charge in [-0.05, 0) is 69.5 Å². The molecule has 2 aromatic heterocycles. The van der Waals surface area contributed by atoms with E-state index in [0.717, 1.165) is 24.5 Å². The lowest BCUT2D eigenvalue weighted by molar-refractivity contribution is 0.140. The highest BCUT2D eigenvalue weighted by molar-refractivity contribution is 5.43. The molecule has 0 aliphatic carbocycles. The Hall–Kier alpha value is -2.14. The molecule has 2 aliphatic heterocycles. The SMILES string of the molecule is COc1cccnc1C1CCN(C2CCCN(c3cccnc3)CC2)CC1. The third kappa shape index (κ3) is 4.24. The van der Waals surface area contributed by atoms with Gasteiger partial charge in [0.1, 0.15) is 5.75 Å². The van der Waals surface area contributed by atoms with Gasteiger partial charge in [-0.2, -0.15) is 0 Å². The van der Waals surface area contributed by atoms with E-state index in [1.807, 2.05) is 36.8 Å². The molecule has 0 N–H and O–H groups in total. The van der Waals surface area contributed by atoms with E-state index in [2.05, 4.69) is 25.8 Å². The summed E-state index contributed by atoms with van der Waals surface area (Å²) in [5.74, 6) is 1.47. The third-order valence-corrected chi connectivity index (χ3v) is 6.16. The van der Waals surface area contributed by atoms with Crippen LogP contribution < -0.4 is 9.64 Å². The molecule has 2 saturated heterocycles. The Morgan fingerprint density at radius 2 is 1.81 bits per heavy atom. The van der Waals surface area contributed by atoms with Crippen molar-refractivity contribution in [1.29, 1.82) is 0 Å². The number of hydrogen-bond donors (Lipinski definition) is 0. The Balaban J connectivity index is 1.33. The van der Waals surface area contributed by atoms with Crippen molar-refractivity contribution in [3.8, 4) is 5.75 Å². The van der Waals surface area contributed by atoms with E-state index in [1.165, 1.54) is 50.9 Å². The second-order valence-corrected chi connectivity index (χ2v) is 7.68. The summed E-state index contributed by atoms with van der Waals surface area (Å²) >= 11 is 0. The quantitative estimate of drug-likeness (QED) is 0.825. The maximum absolute atomic E-state index is 5.53. The fourth-order valence-corrected chi connectivity index (χ4v) is 4.66. The van der Waals surface area contributed by atoms with E-state index in [1.54, 1.807) is 7.11 Å². The summed E-state index contributed by atoms with van der Waals surface area (Å²) < 4.78 is 5.53. The highest BCUT2D eigenvalue weighted by Crippen LogP contribution is 2.34. The maximum atomic E-state index is 5.53. The van der Waals surface area contributed by atoms with E-state index >= 15 is 0 Å². The molecule has 27 heavy (non-hydrogen) atoms. The van der Waals surface area contributed by atoms with Gasteiger partial charge in [-0.25, -0.2) is 0 Å². The average molecular weight is 367 g/mol. The molecule has 0 aromatic carbocycles. The normalized spacial score (nSPS) is 22.4. The Morgan fingerprint density at radius 1 is 0.963 bits per heavy atom. The summed E-state index contributed by atoms with van der Waals surface area (Å²) in [6.07, 6.45) is 11.9. The molecule has 4 heterocycles. The molecule has 2 fully saturated rings. The summed E-state index contributed by atoms with van der Waals surface area (Å²) in [5.41, 5.74) is 2.40. The topological polar surface area (TPSA) is 41.5 Å². The van der Waals surface area contributed by atoms with Crippen LogP contribution in [0.4, 0.5) is 5.69 Å². The fraction of sp³-hybridized carbons (Fsp3) is 0.545. The molecule has 144 valence electrons. The van der Waals surface area contributed by atoms with Crippen molar-refractivity contribution in [1.82, 2.24) is 14.9 Å². The molecule has 0 amide bonds. The molecule has 0 spiro atoms. The van der Waals surface area contributed by atoms with Gasteiger partial charge in [-0.1, -0.05) is 0 Å². The summed E-state index contributed by atoms with van der Waals surface area (Å²) in [4.78, 5) is 14.1. The smallest absolute Gasteiger partial charge is 0.140 e. The molecular formula is C22H30N4O. The first-order chi connectivity index (χ1) is 13.3. The van der Waals surface area contributed by atoms with E-state index in [0.29, 0.717) is 12.0 Å². The number of likely N-dealkylation sites (tertiary alicyclic amines) is 1. The Labute approximate surface area is 162 Å². The standard InChI is InChI=1S/C22H30N4O/c1-27-21-7-3-12-24-22(21)18-8-14-26(15-9-18)19-6-4-13-25(16-10-19)20-5-2-11-23-17-20/h2-3,5,7,11-12,17-19H,4,6,8-10,13-16H2,1H3. The van der Waals surface area contributed by atoms with Gasteiger partial charge >= 0.3 is 0 Å². The zero-order chi connectivity index (χ0) is 18.5. The molecular weight excluding hydrogens is 336 g/mol. The molecule has 0 bridgehead atoms. The van der Waals surface area contributed by atoms with Crippen molar-refractivity contribution in [3.63, 3.8) is 0 Å². The minimum atomic E-state index is 0.523. The van der Waals surface area contributed by atoms with Gasteiger partial charge in [0.05, 0.1) is 24.7 Å². The average Bonchev–Trinajstić information content (AvgIpc) is 3.01. The molecule has 5 nitrogen and oxygen atoms in total. The lowest BCUT2D eigenvalue weighted by atomic mass is 9.91. The first-order valence-corrected chi connectivity index (χ1v) is 10.2. The monoisotopic (exact) mass is 366 g/mol. The second-order valence-electron chi connectivity index (χ2n) is 7.68. The molecule has 2 aromatic rings. The van der Waals surface area contributed by atoms with E-state index in [4.69, 9.17) is 4.74 Å². The predicted molar refractivity (Wildman–Crippen MR) is 108 cm³/mol. The highest BCUT2D eigenvalue weighted by atomic mass is 16.5. The van der Waals surface area contributed by atoms with Crippen molar-refractivity contribution in [2.45, 2.75) is 44.1 Å². The molecule has 0 saturated carbocycles. The van der Waals surface area contributed by atoms with Crippen molar-refractivity contribution >= 4 is 5.69 Å². The van der Waals surface area contributed by atoms with Crippen LogP contribution in [-0.4, -0.2) is 54.2 Å². The number of aromatic nitrogens is 2. The summed E-state index contributed by atoms with van der Waals surface area (Å²) in [7, 11) is 1.75. The highest BCUT2D eigenvalue weighted by Gasteiger charge is 2.29. The number of rotatable bonds is 4. The van der Waals surface area contributed by atoms with Crippen LogP contribution in [-0.2, 0) is 0 Å². The van der Waals surface area contributed by atoms with Crippen LogP contribution in [0.2, 0.25) is 0 Å². The fourth-order valence-electron chi connectivity index (χ4n) is 4.66. The predicted octanol–water partition coefficient (Wildman–Crippen LogP) is 3.72. The van der Waals surface area contributed by atoms with E-state index < -0.39 is 0 Å². The molecule has 5 heteroatoms. The largest absolute Gasteiger partial charge is 0.495 e. The van der Waals surface area contributed by atoms with Crippen LogP contribution in [0.5, 0.6) is 5.75 Å². The Bertz CT molecular complexity index is 715. The van der Waals surface area contributed by atoms with Gasteiger partial charge in [0, 0.05) is 37.4 Å². The van der Waals surface area contributed by atoms with Gasteiger partial charge in [0.2, 0.25) is 0 Å². The van der Waals surface area contributed by atoms with Crippen molar-refractivity contribution in [2.75, 3.05) is 38.2 Å². The Kier molecular flexibility index (Phi) is 5.87. The lowest BCUT2D eigenvalue weighted by Gasteiger charge is -2.37. The minimum absolute atomic E-state index is 0.523. The number of pyridine rings is 2. The van der Waals surface area contributed by atoms with Crippen molar-refractivity contribution < 1.29 is 4.74 Å². The van der Waals surface area contributed by atoms with E-state index in [-0.39, 0.29) is 0 Å².